The fraction of sp³-hybridized carbons (Fsp3) is 1.00. The minimum Gasteiger partial charge on any atom is -0.377 e. The van der Waals surface area contributed by atoms with Crippen LogP contribution in [-0.4, -0.2) is 62.5 Å². The molecule has 2 saturated heterocycles. The van der Waals surface area contributed by atoms with Gasteiger partial charge in [-0.25, -0.2) is 0 Å². The number of nitrogens with one attached hydrogen (secondary N) is 1. The predicted octanol–water partition coefficient (Wildman–Crippen LogP) is 2.28. The summed E-state index contributed by atoms with van der Waals surface area (Å²) in [5.41, 5.74) is 0. The van der Waals surface area contributed by atoms with Gasteiger partial charge in [0.05, 0.1) is 18.3 Å². The molecule has 3 atom stereocenters. The Morgan fingerprint density at radius 1 is 1.24 bits per heavy atom. The third-order valence-corrected chi connectivity index (χ3v) is 4.45. The average Bonchev–Trinajstić information content (AvgIpc) is 2.87. The molecule has 0 saturated carbocycles. The lowest BCUT2D eigenvalue weighted by Gasteiger charge is -2.33. The van der Waals surface area contributed by atoms with E-state index in [4.69, 9.17) is 9.47 Å². The molecule has 0 amide bonds. The quantitative estimate of drug-likeness (QED) is 0.745. The fourth-order valence-electron chi connectivity index (χ4n) is 3.44. The van der Waals surface area contributed by atoms with E-state index in [-0.39, 0.29) is 0 Å². The van der Waals surface area contributed by atoms with E-state index in [9.17, 15) is 0 Å². The Balaban J connectivity index is 1.63. The van der Waals surface area contributed by atoms with Crippen molar-refractivity contribution in [1.29, 1.82) is 0 Å². The van der Waals surface area contributed by atoms with Crippen LogP contribution in [0.5, 0.6) is 0 Å². The maximum atomic E-state index is 6.20. The lowest BCUT2D eigenvalue weighted by molar-refractivity contribution is -0.0213. The van der Waals surface area contributed by atoms with Crippen molar-refractivity contribution >= 4 is 0 Å². The molecule has 2 fully saturated rings. The van der Waals surface area contributed by atoms with Gasteiger partial charge >= 0.3 is 0 Å². The number of nitrogens with zero attached hydrogens (tertiary/aromatic N) is 1. The van der Waals surface area contributed by atoms with Gasteiger partial charge in [0.1, 0.15) is 0 Å². The third kappa shape index (κ3) is 6.23. The summed E-state index contributed by atoms with van der Waals surface area (Å²) in [4.78, 5) is 2.54. The van der Waals surface area contributed by atoms with Crippen LogP contribution in [0.4, 0.5) is 0 Å². The molecule has 2 aliphatic rings. The van der Waals surface area contributed by atoms with Gasteiger partial charge in [-0.1, -0.05) is 13.8 Å². The number of rotatable bonds is 8. The molecular weight excluding hydrogens is 264 g/mol. The van der Waals surface area contributed by atoms with Gasteiger partial charge in [-0.15, -0.1) is 0 Å². The molecule has 3 unspecified atom stereocenters. The van der Waals surface area contributed by atoms with Crippen LogP contribution >= 0.6 is 0 Å². The largest absolute Gasteiger partial charge is 0.377 e. The zero-order chi connectivity index (χ0) is 15.1. The Hall–Kier alpha value is -0.160. The highest BCUT2D eigenvalue weighted by atomic mass is 16.5. The average molecular weight is 298 g/mol. The summed E-state index contributed by atoms with van der Waals surface area (Å²) in [7, 11) is 0. The Kier molecular flexibility index (Phi) is 7.44. The van der Waals surface area contributed by atoms with Crippen molar-refractivity contribution in [2.24, 2.45) is 5.92 Å². The number of likely N-dealkylation sites (tertiary alicyclic amines) is 1. The molecule has 0 aromatic rings. The molecule has 2 aliphatic heterocycles. The van der Waals surface area contributed by atoms with Crippen LogP contribution < -0.4 is 5.32 Å². The second-order valence-electron chi connectivity index (χ2n) is 6.99. The summed E-state index contributed by atoms with van der Waals surface area (Å²) >= 11 is 0. The van der Waals surface area contributed by atoms with E-state index < -0.39 is 0 Å². The highest BCUT2D eigenvalue weighted by Crippen LogP contribution is 2.22. The number of hydrogen-bond donors (Lipinski definition) is 1. The van der Waals surface area contributed by atoms with E-state index in [0.717, 1.165) is 32.8 Å². The van der Waals surface area contributed by atoms with Gasteiger partial charge in [0.25, 0.3) is 0 Å². The highest BCUT2D eigenvalue weighted by Gasteiger charge is 2.28. The molecule has 0 radical (unpaired) electrons. The Morgan fingerprint density at radius 2 is 2.05 bits per heavy atom. The second kappa shape index (κ2) is 9.09. The Labute approximate surface area is 130 Å². The zero-order valence-corrected chi connectivity index (χ0v) is 14.1. The molecule has 124 valence electrons. The van der Waals surface area contributed by atoms with Gasteiger partial charge in [0, 0.05) is 26.2 Å². The van der Waals surface area contributed by atoms with Crippen molar-refractivity contribution in [3.05, 3.63) is 0 Å². The van der Waals surface area contributed by atoms with Crippen molar-refractivity contribution in [1.82, 2.24) is 10.2 Å². The minimum absolute atomic E-state index is 0.418. The molecule has 0 spiro atoms. The van der Waals surface area contributed by atoms with E-state index >= 15 is 0 Å². The summed E-state index contributed by atoms with van der Waals surface area (Å²) < 4.78 is 12.0. The molecule has 0 bridgehead atoms. The van der Waals surface area contributed by atoms with E-state index in [0.29, 0.717) is 24.2 Å². The topological polar surface area (TPSA) is 33.7 Å². The minimum atomic E-state index is 0.418. The first-order valence-electron chi connectivity index (χ1n) is 8.87. The maximum absolute atomic E-state index is 6.20. The smallest absolute Gasteiger partial charge is 0.0707 e. The van der Waals surface area contributed by atoms with Crippen molar-refractivity contribution < 1.29 is 9.47 Å². The molecule has 2 heterocycles. The van der Waals surface area contributed by atoms with Crippen molar-refractivity contribution in [2.45, 2.75) is 64.8 Å². The van der Waals surface area contributed by atoms with Crippen LogP contribution in [0.2, 0.25) is 0 Å². The fourth-order valence-corrected chi connectivity index (χ4v) is 3.44. The first kappa shape index (κ1) is 17.2. The van der Waals surface area contributed by atoms with Gasteiger partial charge in [0.15, 0.2) is 0 Å². The monoisotopic (exact) mass is 298 g/mol. The van der Waals surface area contributed by atoms with Crippen molar-refractivity contribution in [3.63, 3.8) is 0 Å². The van der Waals surface area contributed by atoms with Crippen LogP contribution in [-0.2, 0) is 9.47 Å². The SMILES string of the molecule is CCOC1CCCN(CC2CCC(CNCC(C)C)O2)C1. The maximum Gasteiger partial charge on any atom is 0.0707 e. The van der Waals surface area contributed by atoms with Crippen LogP contribution in [0.3, 0.4) is 0 Å². The Bertz CT molecular complexity index is 284. The zero-order valence-electron chi connectivity index (χ0n) is 14.1. The summed E-state index contributed by atoms with van der Waals surface area (Å²) in [5.74, 6) is 0.714. The first-order valence-corrected chi connectivity index (χ1v) is 8.87. The molecular formula is C17H34N2O2. The second-order valence-corrected chi connectivity index (χ2v) is 6.99. The molecule has 4 nitrogen and oxygen atoms in total. The standard InChI is InChI=1S/C17H34N2O2/c1-4-20-16-6-5-9-19(12-16)13-17-8-7-15(21-17)11-18-10-14(2)3/h14-18H,4-13H2,1-3H3. The molecule has 1 N–H and O–H groups in total. The van der Waals surface area contributed by atoms with Crippen molar-refractivity contribution in [2.75, 3.05) is 39.3 Å². The molecule has 0 aliphatic carbocycles. The first-order chi connectivity index (χ1) is 10.2. The lowest BCUT2D eigenvalue weighted by Crippen LogP contribution is -2.43. The van der Waals surface area contributed by atoms with Gasteiger partial charge in [-0.2, -0.15) is 0 Å². The molecule has 2 rings (SSSR count). The van der Waals surface area contributed by atoms with E-state index in [1.54, 1.807) is 0 Å². The van der Waals surface area contributed by atoms with Crippen molar-refractivity contribution in [3.8, 4) is 0 Å². The van der Waals surface area contributed by atoms with Crippen LogP contribution in [0, 0.1) is 5.92 Å². The number of ether oxygens (including phenoxy) is 2. The van der Waals surface area contributed by atoms with Gasteiger partial charge in [-0.05, 0) is 51.6 Å². The van der Waals surface area contributed by atoms with E-state index in [2.05, 4.69) is 31.0 Å². The normalized spacial score (nSPS) is 31.1. The summed E-state index contributed by atoms with van der Waals surface area (Å²) in [6, 6.07) is 0. The highest BCUT2D eigenvalue weighted by molar-refractivity contribution is 4.81. The molecule has 21 heavy (non-hydrogen) atoms. The summed E-state index contributed by atoms with van der Waals surface area (Å²) in [6.07, 6.45) is 6.18. The van der Waals surface area contributed by atoms with E-state index in [1.165, 1.54) is 32.2 Å². The van der Waals surface area contributed by atoms with E-state index in [1.807, 2.05) is 0 Å². The molecule has 0 aromatic heterocycles. The van der Waals surface area contributed by atoms with Gasteiger partial charge in [0.2, 0.25) is 0 Å². The number of piperidine rings is 1. The van der Waals surface area contributed by atoms with Crippen LogP contribution in [0.25, 0.3) is 0 Å². The predicted molar refractivity (Wildman–Crippen MR) is 86.7 cm³/mol. The third-order valence-electron chi connectivity index (χ3n) is 4.45. The molecule has 0 aromatic carbocycles. The summed E-state index contributed by atoms with van der Waals surface area (Å²) in [6.45, 7) is 12.9. The van der Waals surface area contributed by atoms with Crippen LogP contribution in [0.1, 0.15) is 46.5 Å². The summed E-state index contributed by atoms with van der Waals surface area (Å²) in [5, 5.41) is 3.52. The Morgan fingerprint density at radius 3 is 2.81 bits per heavy atom. The van der Waals surface area contributed by atoms with Gasteiger partial charge in [-0.3, -0.25) is 4.90 Å². The molecule has 4 heteroatoms. The van der Waals surface area contributed by atoms with Crippen LogP contribution in [0.15, 0.2) is 0 Å². The number of hydrogen-bond acceptors (Lipinski definition) is 4. The lowest BCUT2D eigenvalue weighted by atomic mass is 10.1. The van der Waals surface area contributed by atoms with Gasteiger partial charge < -0.3 is 14.8 Å².